The van der Waals surface area contributed by atoms with E-state index in [0.717, 1.165) is 38.4 Å². The van der Waals surface area contributed by atoms with Crippen LogP contribution in [0.4, 0.5) is 16.6 Å². The summed E-state index contributed by atoms with van der Waals surface area (Å²) in [5.74, 6) is 3.32. The molecular weight excluding hydrogens is 582 g/mol. The molecule has 10 heteroatoms. The van der Waals surface area contributed by atoms with Gasteiger partial charge >= 0.3 is 6.09 Å². The normalized spacial score (nSPS) is 27.8. The smallest absolute Gasteiger partial charge is 0.410 e. The molecule has 4 saturated carbocycles. The predicted octanol–water partition coefficient (Wildman–Crippen LogP) is 6.77. The van der Waals surface area contributed by atoms with Crippen molar-refractivity contribution in [3.8, 4) is 6.07 Å². The summed E-state index contributed by atoms with van der Waals surface area (Å²) >= 11 is 1.75. The zero-order valence-electron chi connectivity index (χ0n) is 26.6. The van der Waals surface area contributed by atoms with Crippen LogP contribution in [-0.4, -0.2) is 58.3 Å². The number of piperidine rings is 1. The van der Waals surface area contributed by atoms with Crippen LogP contribution in [0.3, 0.4) is 0 Å². The van der Waals surface area contributed by atoms with Crippen molar-refractivity contribution in [3.63, 3.8) is 0 Å². The molecule has 5 aliphatic rings. The van der Waals surface area contributed by atoms with Crippen molar-refractivity contribution in [2.75, 3.05) is 30.3 Å². The molecule has 3 aromatic rings. The summed E-state index contributed by atoms with van der Waals surface area (Å²) in [4.78, 5) is 23.6. The van der Waals surface area contributed by atoms with Crippen LogP contribution < -0.4 is 16.0 Å². The quantitative estimate of drug-likeness (QED) is 0.251. The highest BCUT2D eigenvalue weighted by Gasteiger charge is 2.55. The van der Waals surface area contributed by atoms with E-state index in [-0.39, 0.29) is 11.5 Å². The Morgan fingerprint density at radius 1 is 1.13 bits per heavy atom. The summed E-state index contributed by atoms with van der Waals surface area (Å²) in [7, 11) is 0. The van der Waals surface area contributed by atoms with Gasteiger partial charge in [-0.25, -0.2) is 9.78 Å². The van der Waals surface area contributed by atoms with Crippen molar-refractivity contribution in [1.29, 1.82) is 5.26 Å². The van der Waals surface area contributed by atoms with E-state index in [9.17, 15) is 10.1 Å². The Kier molecular flexibility index (Phi) is 8.11. The number of nitrogens with zero attached hydrogens (tertiary/aromatic N) is 4. The number of nitriles is 1. The number of aromatic nitrogens is 2. The average molecular weight is 628 g/mol. The monoisotopic (exact) mass is 627 g/mol. The van der Waals surface area contributed by atoms with Crippen LogP contribution in [0, 0.1) is 34.5 Å². The van der Waals surface area contributed by atoms with E-state index >= 15 is 0 Å². The lowest BCUT2D eigenvalue weighted by atomic mass is 9.48. The van der Waals surface area contributed by atoms with Gasteiger partial charge in [-0.1, -0.05) is 18.2 Å². The number of fused-ring (bicyclic) bond motifs is 1. The second kappa shape index (κ2) is 12.1. The van der Waals surface area contributed by atoms with Crippen molar-refractivity contribution in [1.82, 2.24) is 20.2 Å². The molecule has 5 fully saturated rings. The maximum absolute atomic E-state index is 12.5. The largest absolute Gasteiger partial charge is 0.444 e. The van der Waals surface area contributed by atoms with Crippen LogP contribution in [0.1, 0.15) is 76.8 Å². The zero-order chi connectivity index (χ0) is 31.2. The Labute approximate surface area is 270 Å². The molecule has 0 radical (unpaired) electrons. The Bertz CT molecular complexity index is 1570. The predicted molar refractivity (Wildman–Crippen MR) is 178 cm³/mol. The maximum Gasteiger partial charge on any atom is 0.410 e. The van der Waals surface area contributed by atoms with E-state index in [1.54, 1.807) is 17.5 Å². The van der Waals surface area contributed by atoms with Crippen molar-refractivity contribution >= 4 is 39.3 Å². The third kappa shape index (κ3) is 6.48. The number of benzene rings is 1. The van der Waals surface area contributed by atoms with Gasteiger partial charge < -0.3 is 25.6 Å². The summed E-state index contributed by atoms with van der Waals surface area (Å²) in [6, 6.07) is 11.8. The molecule has 1 amide bonds. The molecule has 8 rings (SSSR count). The first-order valence-corrected chi connectivity index (χ1v) is 17.5. The van der Waals surface area contributed by atoms with Gasteiger partial charge in [-0.15, -0.1) is 11.3 Å². The van der Waals surface area contributed by atoms with Gasteiger partial charge in [-0.2, -0.15) is 10.2 Å². The summed E-state index contributed by atoms with van der Waals surface area (Å²) < 4.78 is 6.88. The lowest BCUT2D eigenvalue weighted by Crippen LogP contribution is -2.62. The maximum atomic E-state index is 12.5. The molecule has 4 bridgehead atoms. The molecular formula is C35H45N7O2S. The molecule has 1 saturated heterocycles. The standard InChI is InChI=1S/C35H45N7O2S/c1-34(2,3)44-33(43)42-10-7-28(8-11-42)40-29-25-13-22-14-26(29)17-35(15-22,16-25)21-39-31-27(18-36)20-38-32(41-31)37-19-24-6-4-5-23-9-12-45-30(23)24/h4-6,9,12,20,22,25-26,28-29,40H,7-8,10-11,13-17,19,21H2,1-3H3,(H2,37,38,39,41)/t22?,25-,26+,29-,35-. The third-order valence-corrected chi connectivity index (χ3v) is 11.5. The molecule has 1 aliphatic heterocycles. The number of carbonyl (C=O) groups excluding carboxylic acids is 1. The SMILES string of the molecule is CC(C)(C)OC(=O)N1CCC(N[C@@H]2[C@@H]3CC4C[C@H]2C[C@@](CNc2nc(NCc5cccc6ccsc56)ncc2C#N)(C4)C3)CC1. The Hall–Kier alpha value is -3.42. The molecule has 45 heavy (non-hydrogen) atoms. The topological polar surface area (TPSA) is 115 Å². The van der Waals surface area contributed by atoms with E-state index < -0.39 is 5.60 Å². The summed E-state index contributed by atoms with van der Waals surface area (Å²) in [5.41, 5.74) is 1.49. The number of thiophene rings is 1. The van der Waals surface area contributed by atoms with E-state index in [1.807, 2.05) is 25.7 Å². The van der Waals surface area contributed by atoms with Crippen LogP contribution in [0.2, 0.25) is 0 Å². The fourth-order valence-corrected chi connectivity index (χ4v) is 9.75. The van der Waals surface area contributed by atoms with Crippen LogP contribution in [0.25, 0.3) is 10.1 Å². The molecule has 9 nitrogen and oxygen atoms in total. The summed E-state index contributed by atoms with van der Waals surface area (Å²) in [6.07, 6.45) is 9.72. The molecule has 3 N–H and O–H groups in total. The molecule has 0 spiro atoms. The van der Waals surface area contributed by atoms with Gasteiger partial charge in [0.1, 0.15) is 23.1 Å². The van der Waals surface area contributed by atoms with Crippen LogP contribution >= 0.6 is 11.3 Å². The van der Waals surface area contributed by atoms with Crippen LogP contribution in [-0.2, 0) is 11.3 Å². The van der Waals surface area contributed by atoms with Gasteiger partial charge in [0.25, 0.3) is 0 Å². The van der Waals surface area contributed by atoms with Gasteiger partial charge in [-0.3, -0.25) is 0 Å². The Morgan fingerprint density at radius 3 is 2.64 bits per heavy atom. The number of nitrogens with one attached hydrogen (secondary N) is 3. The Balaban J connectivity index is 0.959. The fraction of sp³-hybridized carbons (Fsp3) is 0.600. The number of hydrogen-bond acceptors (Lipinski definition) is 9. The molecule has 1 unspecified atom stereocenters. The van der Waals surface area contributed by atoms with Crippen molar-refractivity contribution in [2.24, 2.45) is 23.2 Å². The highest BCUT2D eigenvalue weighted by atomic mass is 32.1. The van der Waals surface area contributed by atoms with Gasteiger partial charge in [0, 0.05) is 43.0 Å². The van der Waals surface area contributed by atoms with Crippen molar-refractivity contribution < 1.29 is 9.53 Å². The first-order chi connectivity index (χ1) is 21.7. The molecule has 4 aliphatic carbocycles. The second-order valence-corrected chi connectivity index (χ2v) is 15.9. The molecule has 5 atom stereocenters. The highest BCUT2D eigenvalue weighted by Crippen LogP contribution is 2.60. The molecule has 238 valence electrons. The van der Waals surface area contributed by atoms with Gasteiger partial charge in [0.2, 0.25) is 5.95 Å². The zero-order valence-corrected chi connectivity index (χ0v) is 27.5. The van der Waals surface area contributed by atoms with E-state index in [0.29, 0.717) is 47.8 Å². The van der Waals surface area contributed by atoms with E-state index in [1.165, 1.54) is 47.8 Å². The number of amides is 1. The van der Waals surface area contributed by atoms with Crippen molar-refractivity contribution in [3.05, 3.63) is 47.0 Å². The summed E-state index contributed by atoms with van der Waals surface area (Å²) in [6.45, 7) is 8.76. The number of hydrogen-bond donors (Lipinski definition) is 3. The summed E-state index contributed by atoms with van der Waals surface area (Å²) in [5, 5.41) is 24.3. The fourth-order valence-electron chi connectivity index (χ4n) is 8.83. The molecule has 2 aromatic heterocycles. The lowest BCUT2D eigenvalue weighted by molar-refractivity contribution is -0.0735. The van der Waals surface area contributed by atoms with E-state index in [4.69, 9.17) is 9.72 Å². The van der Waals surface area contributed by atoms with Gasteiger partial charge in [0.05, 0.1) is 6.20 Å². The number of carbonyl (C=O) groups is 1. The minimum absolute atomic E-state index is 0.188. The number of anilines is 2. The molecule has 1 aromatic carbocycles. The van der Waals surface area contributed by atoms with E-state index in [2.05, 4.69) is 56.6 Å². The van der Waals surface area contributed by atoms with Crippen molar-refractivity contribution in [2.45, 2.75) is 89.9 Å². The number of rotatable bonds is 8. The first kappa shape index (κ1) is 30.2. The third-order valence-electron chi connectivity index (χ3n) is 10.5. The van der Waals surface area contributed by atoms with Crippen LogP contribution in [0.15, 0.2) is 35.8 Å². The Morgan fingerprint density at radius 2 is 1.91 bits per heavy atom. The first-order valence-electron chi connectivity index (χ1n) is 16.6. The highest BCUT2D eigenvalue weighted by molar-refractivity contribution is 7.17. The van der Waals surface area contributed by atoms with Crippen LogP contribution in [0.5, 0.6) is 0 Å². The minimum atomic E-state index is -0.458. The number of likely N-dealkylation sites (tertiary alicyclic amines) is 1. The van der Waals surface area contributed by atoms with Gasteiger partial charge in [0.15, 0.2) is 0 Å². The second-order valence-electron chi connectivity index (χ2n) is 14.9. The average Bonchev–Trinajstić information content (AvgIpc) is 3.50. The lowest BCUT2D eigenvalue weighted by Gasteiger charge is -2.61. The minimum Gasteiger partial charge on any atom is -0.444 e. The van der Waals surface area contributed by atoms with Gasteiger partial charge in [-0.05, 0) is 111 Å². The molecule has 3 heterocycles. The number of ether oxygens (including phenoxy) is 1.